The second-order valence-corrected chi connectivity index (χ2v) is 5.22. The molecule has 2 aromatic carbocycles. The maximum atomic E-state index is 12.3. The van der Waals surface area contributed by atoms with Crippen LogP contribution in [0.3, 0.4) is 0 Å². The minimum Gasteiger partial charge on any atom is -0.492 e. The van der Waals surface area contributed by atoms with Crippen LogP contribution in [-0.4, -0.2) is 35.9 Å². The van der Waals surface area contributed by atoms with Gasteiger partial charge in [0.15, 0.2) is 0 Å². The van der Waals surface area contributed by atoms with Crippen LogP contribution in [0.1, 0.15) is 10.4 Å². The summed E-state index contributed by atoms with van der Waals surface area (Å²) in [6.07, 6.45) is 0. The van der Waals surface area contributed by atoms with E-state index in [1.807, 2.05) is 30.3 Å². The third kappa shape index (κ3) is 4.43. The van der Waals surface area contributed by atoms with Gasteiger partial charge < -0.3 is 9.64 Å². The van der Waals surface area contributed by atoms with Crippen LogP contribution in [0.5, 0.6) is 5.75 Å². The molecule has 1 amide bonds. The Hall–Kier alpha value is -2.60. The zero-order valence-electron chi connectivity index (χ0n) is 12.4. The van der Waals surface area contributed by atoms with Gasteiger partial charge in [0.05, 0.1) is 22.1 Å². The van der Waals surface area contributed by atoms with Gasteiger partial charge in [0.25, 0.3) is 11.6 Å². The van der Waals surface area contributed by atoms with Crippen LogP contribution < -0.4 is 4.74 Å². The summed E-state index contributed by atoms with van der Waals surface area (Å²) >= 11 is 5.96. The fraction of sp³-hybridized carbons (Fsp3) is 0.188. The standard InChI is InChI=1S/C16H15ClN2O4/c1-18(9-10-23-13-5-3-2-4-6-13)16(20)14-8-7-12(19(21)22)11-15(14)17/h2-8,11H,9-10H2,1H3. The number of likely N-dealkylation sites (N-methyl/N-ethyl adjacent to an activating group) is 1. The smallest absolute Gasteiger partial charge is 0.270 e. The summed E-state index contributed by atoms with van der Waals surface area (Å²) < 4.78 is 5.53. The van der Waals surface area contributed by atoms with E-state index >= 15 is 0 Å². The van der Waals surface area contributed by atoms with E-state index in [0.717, 1.165) is 5.75 Å². The van der Waals surface area contributed by atoms with Crippen molar-refractivity contribution in [1.29, 1.82) is 0 Å². The van der Waals surface area contributed by atoms with E-state index in [1.165, 1.54) is 23.1 Å². The first-order valence-electron chi connectivity index (χ1n) is 6.86. The molecule has 2 aromatic rings. The van der Waals surface area contributed by atoms with E-state index in [1.54, 1.807) is 7.05 Å². The van der Waals surface area contributed by atoms with E-state index < -0.39 is 4.92 Å². The Morgan fingerprint density at radius 1 is 1.26 bits per heavy atom. The van der Waals surface area contributed by atoms with E-state index in [0.29, 0.717) is 13.2 Å². The molecule has 0 atom stereocenters. The zero-order valence-corrected chi connectivity index (χ0v) is 13.2. The molecule has 0 spiro atoms. The third-order valence-electron chi connectivity index (χ3n) is 3.18. The van der Waals surface area contributed by atoms with Crippen LogP contribution in [0, 0.1) is 10.1 Å². The Kier molecular flexibility index (Phi) is 5.54. The Labute approximate surface area is 138 Å². The molecule has 0 bridgehead atoms. The molecule has 7 heteroatoms. The first-order chi connectivity index (χ1) is 11.0. The number of nitro benzene ring substituents is 1. The van der Waals surface area contributed by atoms with Gasteiger partial charge in [0, 0.05) is 19.2 Å². The second-order valence-electron chi connectivity index (χ2n) is 4.81. The molecule has 0 N–H and O–H groups in total. The average Bonchev–Trinajstić information content (AvgIpc) is 2.55. The maximum Gasteiger partial charge on any atom is 0.270 e. The lowest BCUT2D eigenvalue weighted by molar-refractivity contribution is -0.384. The van der Waals surface area contributed by atoms with E-state index in [2.05, 4.69) is 0 Å². The van der Waals surface area contributed by atoms with Gasteiger partial charge in [-0.1, -0.05) is 29.8 Å². The molecule has 6 nitrogen and oxygen atoms in total. The number of halogens is 1. The topological polar surface area (TPSA) is 72.7 Å². The zero-order chi connectivity index (χ0) is 16.8. The number of non-ortho nitro benzene ring substituents is 1. The molecule has 2 rings (SSSR count). The molecular weight excluding hydrogens is 320 g/mol. The van der Waals surface area contributed by atoms with Crippen molar-refractivity contribution in [2.45, 2.75) is 0 Å². The molecule has 0 saturated carbocycles. The first-order valence-corrected chi connectivity index (χ1v) is 7.24. The van der Waals surface area contributed by atoms with Crippen LogP contribution in [0.15, 0.2) is 48.5 Å². The summed E-state index contributed by atoms with van der Waals surface area (Å²) in [6.45, 7) is 0.692. The molecule has 0 fully saturated rings. The van der Waals surface area contributed by atoms with Gasteiger partial charge in [-0.05, 0) is 18.2 Å². The molecule has 0 radical (unpaired) electrons. The van der Waals surface area contributed by atoms with E-state index in [4.69, 9.17) is 16.3 Å². The van der Waals surface area contributed by atoms with Crippen molar-refractivity contribution < 1.29 is 14.5 Å². The molecule has 0 aromatic heterocycles. The number of carbonyl (C=O) groups is 1. The highest BCUT2D eigenvalue weighted by atomic mass is 35.5. The van der Waals surface area contributed by atoms with Crippen LogP contribution in [0.4, 0.5) is 5.69 Å². The van der Waals surface area contributed by atoms with E-state index in [9.17, 15) is 14.9 Å². The molecule has 23 heavy (non-hydrogen) atoms. The van der Waals surface area contributed by atoms with Gasteiger partial charge in [-0.25, -0.2) is 0 Å². The Morgan fingerprint density at radius 2 is 1.96 bits per heavy atom. The number of amides is 1. The molecule has 0 unspecified atom stereocenters. The number of para-hydroxylation sites is 1. The third-order valence-corrected chi connectivity index (χ3v) is 3.49. The predicted octanol–water partition coefficient (Wildman–Crippen LogP) is 3.40. The highest BCUT2D eigenvalue weighted by Crippen LogP contribution is 2.23. The van der Waals surface area contributed by atoms with Crippen molar-refractivity contribution >= 4 is 23.2 Å². The van der Waals surface area contributed by atoms with Gasteiger partial charge in [0.2, 0.25) is 0 Å². The SMILES string of the molecule is CN(CCOc1ccccc1)C(=O)c1ccc([N+](=O)[O-])cc1Cl. The molecule has 0 aliphatic rings. The van der Waals surface area contributed by atoms with Gasteiger partial charge in [-0.2, -0.15) is 0 Å². The summed E-state index contributed by atoms with van der Waals surface area (Å²) in [6, 6.07) is 13.1. The highest BCUT2D eigenvalue weighted by Gasteiger charge is 2.18. The molecule has 0 aliphatic heterocycles. The Bertz CT molecular complexity index is 706. The highest BCUT2D eigenvalue weighted by molar-refractivity contribution is 6.34. The quantitative estimate of drug-likeness (QED) is 0.599. The number of nitro groups is 1. The van der Waals surface area contributed by atoms with Crippen molar-refractivity contribution in [3.8, 4) is 5.75 Å². The minimum absolute atomic E-state index is 0.0556. The molecule has 0 aliphatic carbocycles. The van der Waals surface area contributed by atoms with Gasteiger partial charge in [-0.15, -0.1) is 0 Å². The average molecular weight is 335 g/mol. The Morgan fingerprint density at radius 3 is 2.57 bits per heavy atom. The van der Waals surface area contributed by atoms with Crippen LogP contribution in [-0.2, 0) is 0 Å². The van der Waals surface area contributed by atoms with Crippen LogP contribution in [0.2, 0.25) is 5.02 Å². The van der Waals surface area contributed by atoms with Gasteiger partial charge in [0.1, 0.15) is 12.4 Å². The normalized spacial score (nSPS) is 10.2. The number of nitrogens with zero attached hydrogens (tertiary/aromatic N) is 2. The number of carbonyl (C=O) groups excluding carboxylic acids is 1. The van der Waals surface area contributed by atoms with Crippen molar-refractivity contribution in [2.75, 3.05) is 20.2 Å². The van der Waals surface area contributed by atoms with Crippen molar-refractivity contribution in [3.63, 3.8) is 0 Å². The van der Waals surface area contributed by atoms with Gasteiger partial charge in [-0.3, -0.25) is 14.9 Å². The number of hydrogen-bond donors (Lipinski definition) is 0. The van der Waals surface area contributed by atoms with Crippen molar-refractivity contribution in [2.24, 2.45) is 0 Å². The molecular formula is C16H15ClN2O4. The molecule has 0 heterocycles. The van der Waals surface area contributed by atoms with Crippen molar-refractivity contribution in [3.05, 3.63) is 69.2 Å². The Balaban J connectivity index is 1.95. The number of ether oxygens (including phenoxy) is 1. The first kappa shape index (κ1) is 16.8. The maximum absolute atomic E-state index is 12.3. The molecule has 120 valence electrons. The fourth-order valence-electron chi connectivity index (χ4n) is 1.92. The summed E-state index contributed by atoms with van der Waals surface area (Å²) in [5, 5.41) is 10.7. The minimum atomic E-state index is -0.558. The lowest BCUT2D eigenvalue weighted by atomic mass is 10.2. The number of hydrogen-bond acceptors (Lipinski definition) is 4. The largest absolute Gasteiger partial charge is 0.492 e. The predicted molar refractivity (Wildman–Crippen MR) is 87.0 cm³/mol. The summed E-state index contributed by atoms with van der Waals surface area (Å²) in [4.78, 5) is 23.9. The monoisotopic (exact) mass is 334 g/mol. The lowest BCUT2D eigenvalue weighted by Gasteiger charge is -2.18. The summed E-state index contributed by atoms with van der Waals surface area (Å²) in [5.74, 6) is 0.406. The fourth-order valence-corrected chi connectivity index (χ4v) is 2.17. The van der Waals surface area contributed by atoms with Crippen LogP contribution >= 0.6 is 11.6 Å². The number of rotatable bonds is 6. The summed E-state index contributed by atoms with van der Waals surface area (Å²) in [7, 11) is 1.62. The summed E-state index contributed by atoms with van der Waals surface area (Å²) in [5.41, 5.74) is 0.0705. The second kappa shape index (κ2) is 7.60. The van der Waals surface area contributed by atoms with Crippen LogP contribution in [0.25, 0.3) is 0 Å². The van der Waals surface area contributed by atoms with E-state index in [-0.39, 0.29) is 22.2 Å². The number of benzene rings is 2. The molecule has 0 saturated heterocycles. The lowest BCUT2D eigenvalue weighted by Crippen LogP contribution is -2.31. The van der Waals surface area contributed by atoms with Gasteiger partial charge >= 0.3 is 0 Å². The van der Waals surface area contributed by atoms with Crippen molar-refractivity contribution in [1.82, 2.24) is 4.90 Å².